The van der Waals surface area contributed by atoms with Gasteiger partial charge < -0.3 is 19.9 Å². The van der Waals surface area contributed by atoms with Crippen molar-refractivity contribution < 1.29 is 29.0 Å². The van der Waals surface area contributed by atoms with Gasteiger partial charge in [0.05, 0.1) is 20.3 Å². The van der Waals surface area contributed by atoms with Crippen molar-refractivity contribution in [2.45, 2.75) is 18.9 Å². The number of carbonyl (C=O) groups is 3. The fraction of sp³-hybridized carbons (Fsp3) is 0.438. The molecule has 0 saturated carbocycles. The minimum Gasteiger partial charge on any atom is -0.493 e. The van der Waals surface area contributed by atoms with E-state index < -0.39 is 12.0 Å². The Morgan fingerprint density at radius 2 is 1.83 bits per heavy atom. The number of aliphatic hydroxyl groups is 1. The van der Waals surface area contributed by atoms with Crippen molar-refractivity contribution in [2.75, 3.05) is 27.3 Å². The maximum Gasteiger partial charge on any atom is 0.240 e. The number of amides is 3. The zero-order valence-corrected chi connectivity index (χ0v) is 13.6. The van der Waals surface area contributed by atoms with E-state index in [1.54, 1.807) is 18.2 Å². The highest BCUT2D eigenvalue weighted by molar-refractivity contribution is 6.04. The predicted octanol–water partition coefficient (Wildman–Crippen LogP) is 0.00240. The van der Waals surface area contributed by atoms with Gasteiger partial charge in [-0.05, 0) is 17.7 Å². The molecule has 1 aliphatic rings. The average molecular weight is 336 g/mol. The van der Waals surface area contributed by atoms with E-state index in [1.807, 2.05) is 0 Å². The van der Waals surface area contributed by atoms with Crippen LogP contribution >= 0.6 is 0 Å². The molecule has 130 valence electrons. The summed E-state index contributed by atoms with van der Waals surface area (Å²) in [7, 11) is 3.00. The summed E-state index contributed by atoms with van der Waals surface area (Å²) in [5, 5.41) is 12.7. The van der Waals surface area contributed by atoms with Gasteiger partial charge >= 0.3 is 0 Å². The van der Waals surface area contributed by atoms with Crippen LogP contribution in [0.4, 0.5) is 0 Å². The van der Waals surface area contributed by atoms with Gasteiger partial charge in [-0.25, -0.2) is 0 Å². The van der Waals surface area contributed by atoms with Crippen LogP contribution in [0.5, 0.6) is 11.5 Å². The number of ether oxygens (including phenoxy) is 2. The van der Waals surface area contributed by atoms with E-state index in [4.69, 9.17) is 9.47 Å². The first-order valence-corrected chi connectivity index (χ1v) is 7.46. The van der Waals surface area contributed by atoms with Crippen LogP contribution in [0.25, 0.3) is 0 Å². The van der Waals surface area contributed by atoms with Crippen molar-refractivity contribution in [3.8, 4) is 11.5 Å². The minimum absolute atomic E-state index is 0.0511. The van der Waals surface area contributed by atoms with E-state index in [0.29, 0.717) is 17.1 Å². The van der Waals surface area contributed by atoms with Crippen LogP contribution in [-0.2, 0) is 14.4 Å². The maximum absolute atomic E-state index is 11.8. The van der Waals surface area contributed by atoms with Crippen molar-refractivity contribution >= 4 is 17.7 Å². The number of hydrogen-bond acceptors (Lipinski definition) is 6. The van der Waals surface area contributed by atoms with Crippen molar-refractivity contribution in [3.05, 3.63) is 23.8 Å². The molecule has 1 aromatic rings. The van der Waals surface area contributed by atoms with E-state index >= 15 is 0 Å². The Morgan fingerprint density at radius 1 is 1.21 bits per heavy atom. The minimum atomic E-state index is -0.960. The van der Waals surface area contributed by atoms with Gasteiger partial charge in [-0.15, -0.1) is 0 Å². The second-order valence-corrected chi connectivity index (χ2v) is 5.31. The third-order valence-corrected chi connectivity index (χ3v) is 3.74. The summed E-state index contributed by atoms with van der Waals surface area (Å²) in [5.74, 6) is -0.207. The molecule has 1 aromatic carbocycles. The fourth-order valence-electron chi connectivity index (χ4n) is 2.39. The smallest absolute Gasteiger partial charge is 0.240 e. The van der Waals surface area contributed by atoms with E-state index in [9.17, 15) is 19.5 Å². The monoisotopic (exact) mass is 336 g/mol. The summed E-state index contributed by atoms with van der Waals surface area (Å²) in [6.45, 7) is -0.374. The Bertz CT molecular complexity index is 629. The first-order chi connectivity index (χ1) is 11.5. The standard InChI is InChI=1S/C16H20N2O6/c1-23-12-4-3-10(7-13(12)24-2)11(19)8-17-14(20)9-18-15(21)5-6-16(18)22/h3-4,7,11,19H,5-6,8-9H2,1-2H3,(H,17,20). The molecule has 2 N–H and O–H groups in total. The van der Waals surface area contributed by atoms with Crippen LogP contribution < -0.4 is 14.8 Å². The number of imide groups is 1. The van der Waals surface area contributed by atoms with Gasteiger partial charge in [-0.1, -0.05) is 6.07 Å². The second kappa shape index (κ2) is 7.78. The number of benzene rings is 1. The first kappa shape index (κ1) is 17.7. The summed E-state index contributed by atoms with van der Waals surface area (Å²) in [6.07, 6.45) is -0.681. The van der Waals surface area contributed by atoms with Crippen molar-refractivity contribution in [2.24, 2.45) is 0 Å². The van der Waals surface area contributed by atoms with Gasteiger partial charge in [0.1, 0.15) is 6.54 Å². The topological polar surface area (TPSA) is 105 Å². The number of hydrogen-bond donors (Lipinski definition) is 2. The number of rotatable bonds is 7. The molecule has 1 heterocycles. The highest BCUT2D eigenvalue weighted by atomic mass is 16.5. The fourth-order valence-corrected chi connectivity index (χ4v) is 2.39. The van der Waals surface area contributed by atoms with Crippen LogP contribution in [0, 0.1) is 0 Å². The first-order valence-electron chi connectivity index (χ1n) is 7.46. The molecule has 1 saturated heterocycles. The molecule has 1 atom stereocenters. The van der Waals surface area contributed by atoms with Gasteiger partial charge in [0.15, 0.2) is 11.5 Å². The summed E-state index contributed by atoms with van der Waals surface area (Å²) >= 11 is 0. The van der Waals surface area contributed by atoms with Crippen LogP contribution in [0.2, 0.25) is 0 Å². The molecule has 1 aliphatic heterocycles. The Morgan fingerprint density at radius 3 is 2.42 bits per heavy atom. The summed E-state index contributed by atoms with van der Waals surface area (Å²) < 4.78 is 10.3. The molecule has 1 fully saturated rings. The molecule has 0 aromatic heterocycles. The Hall–Kier alpha value is -2.61. The number of aliphatic hydroxyl groups excluding tert-OH is 1. The molecular formula is C16H20N2O6. The molecule has 0 aliphatic carbocycles. The molecule has 8 nitrogen and oxygen atoms in total. The molecule has 8 heteroatoms. The second-order valence-electron chi connectivity index (χ2n) is 5.31. The summed E-state index contributed by atoms with van der Waals surface area (Å²) in [4.78, 5) is 35.7. The quantitative estimate of drug-likeness (QED) is 0.679. The Balaban J connectivity index is 1.90. The van der Waals surface area contributed by atoms with E-state index in [2.05, 4.69) is 5.32 Å². The van der Waals surface area contributed by atoms with Crippen molar-refractivity contribution in [1.29, 1.82) is 0 Å². The number of carbonyl (C=O) groups excluding carboxylic acids is 3. The number of likely N-dealkylation sites (tertiary alicyclic amines) is 1. The highest BCUT2D eigenvalue weighted by Crippen LogP contribution is 2.29. The lowest BCUT2D eigenvalue weighted by molar-refractivity contribution is -0.142. The van der Waals surface area contributed by atoms with Gasteiger partial charge in [0, 0.05) is 19.4 Å². The highest BCUT2D eigenvalue weighted by Gasteiger charge is 2.30. The van der Waals surface area contributed by atoms with Gasteiger partial charge in [0.2, 0.25) is 17.7 Å². The van der Waals surface area contributed by atoms with Crippen LogP contribution in [0.3, 0.4) is 0 Å². The average Bonchev–Trinajstić information content (AvgIpc) is 2.90. The van der Waals surface area contributed by atoms with Crippen molar-refractivity contribution in [3.63, 3.8) is 0 Å². The molecule has 0 radical (unpaired) electrons. The maximum atomic E-state index is 11.8. The zero-order chi connectivity index (χ0) is 17.7. The molecule has 2 rings (SSSR count). The van der Waals surface area contributed by atoms with Gasteiger partial charge in [-0.3, -0.25) is 19.3 Å². The molecule has 0 bridgehead atoms. The lowest BCUT2D eigenvalue weighted by Gasteiger charge is -2.17. The Labute approximate surface area is 139 Å². The third-order valence-electron chi connectivity index (χ3n) is 3.74. The molecule has 1 unspecified atom stereocenters. The number of nitrogens with one attached hydrogen (secondary N) is 1. The SMILES string of the molecule is COc1ccc(C(O)CNC(=O)CN2C(=O)CCC2=O)cc1OC. The van der Waals surface area contributed by atoms with Crippen LogP contribution in [0.1, 0.15) is 24.5 Å². The molecule has 24 heavy (non-hydrogen) atoms. The summed E-state index contributed by atoms with van der Waals surface area (Å²) in [5.41, 5.74) is 0.543. The summed E-state index contributed by atoms with van der Waals surface area (Å²) in [6, 6.07) is 4.93. The third kappa shape index (κ3) is 4.02. The van der Waals surface area contributed by atoms with Crippen molar-refractivity contribution in [1.82, 2.24) is 10.2 Å². The van der Waals surface area contributed by atoms with Crippen LogP contribution in [0.15, 0.2) is 18.2 Å². The normalized spacial score (nSPS) is 15.4. The lowest BCUT2D eigenvalue weighted by atomic mass is 10.1. The van der Waals surface area contributed by atoms with E-state index in [1.165, 1.54) is 14.2 Å². The largest absolute Gasteiger partial charge is 0.493 e. The van der Waals surface area contributed by atoms with Gasteiger partial charge in [0.25, 0.3) is 0 Å². The van der Waals surface area contributed by atoms with E-state index in [0.717, 1.165) is 4.90 Å². The molecular weight excluding hydrogens is 316 g/mol. The Kier molecular flexibility index (Phi) is 5.75. The number of methoxy groups -OCH3 is 2. The van der Waals surface area contributed by atoms with Gasteiger partial charge in [-0.2, -0.15) is 0 Å². The molecule has 0 spiro atoms. The van der Waals surface area contributed by atoms with E-state index in [-0.39, 0.29) is 37.7 Å². The van der Waals surface area contributed by atoms with Crippen LogP contribution in [-0.4, -0.2) is 55.0 Å². The predicted molar refractivity (Wildman–Crippen MR) is 83.5 cm³/mol. The lowest BCUT2D eigenvalue weighted by Crippen LogP contribution is -2.41. The zero-order valence-electron chi connectivity index (χ0n) is 13.6. The molecule has 3 amide bonds. The number of nitrogens with zero attached hydrogens (tertiary/aromatic N) is 1.